The molecule has 1 N–H and O–H groups in total. The van der Waals surface area contributed by atoms with Gasteiger partial charge in [0, 0.05) is 23.2 Å². The van der Waals surface area contributed by atoms with Crippen molar-refractivity contribution in [2.24, 2.45) is 0 Å². The molecular weight excluding hydrogens is 429 g/mol. The number of para-hydroxylation sites is 1. The van der Waals surface area contributed by atoms with Crippen molar-refractivity contribution >= 4 is 17.5 Å². The third-order valence-electron chi connectivity index (χ3n) is 4.73. The summed E-state index contributed by atoms with van der Waals surface area (Å²) in [7, 11) is 0. The molecule has 0 aliphatic rings. The summed E-state index contributed by atoms with van der Waals surface area (Å²) < 4.78 is 19.6. The molecule has 9 heteroatoms. The fourth-order valence-corrected chi connectivity index (χ4v) is 3.15. The van der Waals surface area contributed by atoms with Gasteiger partial charge in [-0.1, -0.05) is 30.3 Å². The minimum atomic E-state index is -0.610. The summed E-state index contributed by atoms with van der Waals surface area (Å²) in [6.07, 6.45) is 0. The first-order valence-electron chi connectivity index (χ1n) is 10.1. The van der Waals surface area contributed by atoms with E-state index >= 15 is 0 Å². The molecule has 0 aliphatic heterocycles. The fourth-order valence-electron chi connectivity index (χ4n) is 3.15. The standard InChI is InChI=1S/C24H22FN3O5/c1-16(2)27(26-24(30)17-8-4-3-5-9-17)23(29)15-33-22-13-12-18(25)14-20(22)19-10-6-7-11-21(19)28(31)32/h3-14,16H,15H2,1-2H3,(H,26,30). The largest absolute Gasteiger partial charge is 0.483 e. The second-order valence-electron chi connectivity index (χ2n) is 7.37. The predicted octanol–water partition coefficient (Wildman–Crippen LogP) is 4.36. The van der Waals surface area contributed by atoms with Gasteiger partial charge in [0.25, 0.3) is 17.5 Å². The molecule has 33 heavy (non-hydrogen) atoms. The molecular formula is C24H22FN3O5. The molecule has 8 nitrogen and oxygen atoms in total. The molecule has 0 atom stereocenters. The van der Waals surface area contributed by atoms with Crippen molar-refractivity contribution in [1.29, 1.82) is 0 Å². The number of benzene rings is 3. The molecule has 0 saturated heterocycles. The Morgan fingerprint density at radius 3 is 2.36 bits per heavy atom. The number of carbonyl (C=O) groups excluding carboxylic acids is 2. The summed E-state index contributed by atoms with van der Waals surface area (Å²) in [6.45, 7) is 2.96. The van der Waals surface area contributed by atoms with E-state index in [9.17, 15) is 24.1 Å². The molecule has 0 aliphatic carbocycles. The number of nitrogens with zero attached hydrogens (tertiary/aromatic N) is 2. The SMILES string of the molecule is CC(C)N(NC(=O)c1ccccc1)C(=O)COc1ccc(F)cc1-c1ccccc1[N+](=O)[O-]. The number of nitrogens with one attached hydrogen (secondary N) is 1. The van der Waals surface area contributed by atoms with Crippen molar-refractivity contribution in [3.05, 3.63) is 94.3 Å². The van der Waals surface area contributed by atoms with E-state index in [0.29, 0.717) is 5.56 Å². The first kappa shape index (κ1) is 23.4. The van der Waals surface area contributed by atoms with E-state index in [1.165, 1.54) is 24.3 Å². The number of nitro groups is 1. The number of halogens is 1. The van der Waals surface area contributed by atoms with E-state index in [1.54, 1.807) is 50.2 Å². The molecule has 170 valence electrons. The van der Waals surface area contributed by atoms with Gasteiger partial charge in [-0.25, -0.2) is 9.40 Å². The first-order chi connectivity index (χ1) is 15.8. The number of ether oxygens (including phenoxy) is 1. The average Bonchev–Trinajstić information content (AvgIpc) is 2.81. The Bertz CT molecular complexity index is 1170. The Morgan fingerprint density at radius 2 is 1.70 bits per heavy atom. The molecule has 0 fully saturated rings. The van der Waals surface area contributed by atoms with Crippen LogP contribution in [0.25, 0.3) is 11.1 Å². The third kappa shape index (κ3) is 5.70. The van der Waals surface area contributed by atoms with Crippen LogP contribution in [0.1, 0.15) is 24.2 Å². The molecule has 0 radical (unpaired) electrons. The van der Waals surface area contributed by atoms with E-state index in [1.807, 2.05) is 0 Å². The highest BCUT2D eigenvalue weighted by atomic mass is 19.1. The van der Waals surface area contributed by atoms with Gasteiger partial charge >= 0.3 is 0 Å². The number of nitro benzene ring substituents is 1. The molecule has 3 rings (SSSR count). The lowest BCUT2D eigenvalue weighted by Gasteiger charge is -2.27. The number of amides is 2. The minimum Gasteiger partial charge on any atom is -0.483 e. The van der Waals surface area contributed by atoms with Gasteiger partial charge in [-0.05, 0) is 50.2 Å². The zero-order chi connectivity index (χ0) is 24.0. The maximum Gasteiger partial charge on any atom is 0.279 e. The third-order valence-corrected chi connectivity index (χ3v) is 4.73. The lowest BCUT2D eigenvalue weighted by atomic mass is 10.0. The van der Waals surface area contributed by atoms with E-state index in [4.69, 9.17) is 4.74 Å². The first-order valence-corrected chi connectivity index (χ1v) is 10.1. The van der Waals surface area contributed by atoms with Crippen molar-refractivity contribution in [2.45, 2.75) is 19.9 Å². The molecule has 0 spiro atoms. The summed E-state index contributed by atoms with van der Waals surface area (Å²) in [5.41, 5.74) is 3.02. The molecule has 0 saturated carbocycles. The Morgan fingerprint density at radius 1 is 1.03 bits per heavy atom. The van der Waals surface area contributed by atoms with Gasteiger partial charge in [-0.15, -0.1) is 0 Å². The number of rotatable bonds is 7. The van der Waals surface area contributed by atoms with Crippen LogP contribution >= 0.6 is 0 Å². The highest BCUT2D eigenvalue weighted by Gasteiger charge is 2.23. The lowest BCUT2D eigenvalue weighted by molar-refractivity contribution is -0.384. The van der Waals surface area contributed by atoms with Crippen LogP contribution in [0, 0.1) is 15.9 Å². The Hall–Kier alpha value is -4.27. The maximum absolute atomic E-state index is 14.0. The van der Waals surface area contributed by atoms with Crippen molar-refractivity contribution in [3.8, 4) is 16.9 Å². The van der Waals surface area contributed by atoms with Gasteiger partial charge in [0.2, 0.25) is 0 Å². The topological polar surface area (TPSA) is 102 Å². The Kier molecular flexibility index (Phi) is 7.34. The summed E-state index contributed by atoms with van der Waals surface area (Å²) in [5.74, 6) is -1.52. The van der Waals surface area contributed by atoms with E-state index < -0.39 is 29.2 Å². The smallest absolute Gasteiger partial charge is 0.279 e. The van der Waals surface area contributed by atoms with Crippen LogP contribution in [0.4, 0.5) is 10.1 Å². The summed E-state index contributed by atoms with van der Waals surface area (Å²) in [4.78, 5) is 36.1. The van der Waals surface area contributed by atoms with E-state index in [2.05, 4.69) is 5.43 Å². The van der Waals surface area contributed by atoms with Crippen LogP contribution < -0.4 is 10.2 Å². The second-order valence-corrected chi connectivity index (χ2v) is 7.37. The van der Waals surface area contributed by atoms with Crippen molar-refractivity contribution < 1.29 is 23.6 Å². The zero-order valence-electron chi connectivity index (χ0n) is 18.0. The minimum absolute atomic E-state index is 0.0946. The van der Waals surface area contributed by atoms with Crippen molar-refractivity contribution in [3.63, 3.8) is 0 Å². The molecule has 0 heterocycles. The fraction of sp³-hybridized carbons (Fsp3) is 0.167. The van der Waals surface area contributed by atoms with Gasteiger partial charge in [-0.2, -0.15) is 0 Å². The highest BCUT2D eigenvalue weighted by molar-refractivity contribution is 5.95. The van der Waals surface area contributed by atoms with E-state index in [0.717, 1.165) is 17.1 Å². The zero-order valence-corrected chi connectivity index (χ0v) is 18.0. The van der Waals surface area contributed by atoms with Crippen LogP contribution in [0.3, 0.4) is 0 Å². The van der Waals surface area contributed by atoms with Crippen molar-refractivity contribution in [2.75, 3.05) is 6.61 Å². The van der Waals surface area contributed by atoms with Crippen LogP contribution in [0.5, 0.6) is 5.75 Å². The predicted molar refractivity (Wildman–Crippen MR) is 120 cm³/mol. The normalized spacial score (nSPS) is 10.5. The quantitative estimate of drug-likeness (QED) is 0.425. The monoisotopic (exact) mass is 451 g/mol. The summed E-state index contributed by atoms with van der Waals surface area (Å²) >= 11 is 0. The molecule has 0 bridgehead atoms. The lowest BCUT2D eigenvalue weighted by Crippen LogP contribution is -2.51. The maximum atomic E-state index is 14.0. The van der Waals surface area contributed by atoms with E-state index in [-0.39, 0.29) is 28.6 Å². The Balaban J connectivity index is 1.81. The highest BCUT2D eigenvalue weighted by Crippen LogP contribution is 2.36. The van der Waals surface area contributed by atoms with Gasteiger partial charge in [0.15, 0.2) is 6.61 Å². The van der Waals surface area contributed by atoms with Gasteiger partial charge in [0.1, 0.15) is 11.6 Å². The molecule has 2 amide bonds. The average molecular weight is 451 g/mol. The van der Waals surface area contributed by atoms with Gasteiger partial charge in [-0.3, -0.25) is 25.1 Å². The number of hydrazine groups is 1. The molecule has 3 aromatic rings. The van der Waals surface area contributed by atoms with Gasteiger partial charge < -0.3 is 4.74 Å². The Labute approximate surface area is 189 Å². The van der Waals surface area contributed by atoms with Gasteiger partial charge in [0.05, 0.1) is 10.5 Å². The molecule has 3 aromatic carbocycles. The molecule has 0 unspecified atom stereocenters. The molecule has 0 aromatic heterocycles. The van der Waals surface area contributed by atoms with Crippen LogP contribution in [-0.2, 0) is 4.79 Å². The van der Waals surface area contributed by atoms with Crippen LogP contribution in [0.2, 0.25) is 0 Å². The summed E-state index contributed by atoms with van der Waals surface area (Å²) in [6, 6.07) is 17.4. The number of hydrogen-bond acceptors (Lipinski definition) is 5. The van der Waals surface area contributed by atoms with Crippen LogP contribution in [-0.4, -0.2) is 34.4 Å². The number of hydrogen-bond donors (Lipinski definition) is 1. The second kappa shape index (κ2) is 10.4. The number of carbonyl (C=O) groups is 2. The van der Waals surface area contributed by atoms with Crippen LogP contribution in [0.15, 0.2) is 72.8 Å². The van der Waals surface area contributed by atoms with Crippen molar-refractivity contribution in [1.82, 2.24) is 10.4 Å². The summed E-state index contributed by atoms with van der Waals surface area (Å²) in [5, 5.41) is 12.6.